The van der Waals surface area contributed by atoms with Gasteiger partial charge in [0.1, 0.15) is 6.10 Å². The predicted octanol–water partition coefficient (Wildman–Crippen LogP) is 2.70. The lowest BCUT2D eigenvalue weighted by molar-refractivity contribution is 0.107. The summed E-state index contributed by atoms with van der Waals surface area (Å²) >= 11 is 0. The number of halogens is 1. The van der Waals surface area contributed by atoms with Gasteiger partial charge in [0.2, 0.25) is 5.56 Å². The highest BCUT2D eigenvalue weighted by atomic mass is 19.1. The Balaban J connectivity index is 1.51. The highest BCUT2D eigenvalue weighted by molar-refractivity contribution is 5.74. The Bertz CT molecular complexity index is 945. The van der Waals surface area contributed by atoms with Gasteiger partial charge in [0.25, 0.3) is 0 Å². The van der Waals surface area contributed by atoms with E-state index in [0.29, 0.717) is 25.9 Å². The number of urea groups is 1. The van der Waals surface area contributed by atoms with Crippen LogP contribution in [0.5, 0.6) is 5.75 Å². The first-order valence-electron chi connectivity index (χ1n) is 9.06. The monoisotopic (exact) mass is 384 g/mol. The standard InChI is InChI=1S/C20H21FN4O3/c1-13(15-4-7-23-19(26)11-15)24-20(27)25-8-5-16(6-9-25)28-18-3-2-14(12-22)10-17(18)21/h2-4,7,10-11,13,16H,5-6,8-9H2,1H3,(H,23,26)(H,24,27). The van der Waals surface area contributed by atoms with Crippen molar-refractivity contribution in [3.05, 3.63) is 63.8 Å². The molecule has 1 unspecified atom stereocenters. The smallest absolute Gasteiger partial charge is 0.317 e. The zero-order valence-electron chi connectivity index (χ0n) is 15.4. The number of aromatic amines is 1. The molecular formula is C20H21FN4O3. The number of nitrogens with one attached hydrogen (secondary N) is 2. The van der Waals surface area contributed by atoms with Crippen molar-refractivity contribution in [1.29, 1.82) is 5.26 Å². The highest BCUT2D eigenvalue weighted by Crippen LogP contribution is 2.23. The van der Waals surface area contributed by atoms with Gasteiger partial charge in [0.15, 0.2) is 11.6 Å². The Morgan fingerprint density at radius 3 is 2.75 bits per heavy atom. The van der Waals surface area contributed by atoms with Gasteiger partial charge in [-0.15, -0.1) is 0 Å². The molecule has 7 nitrogen and oxygen atoms in total. The Hall–Kier alpha value is -3.34. The van der Waals surface area contributed by atoms with Crippen LogP contribution in [0.3, 0.4) is 0 Å². The minimum atomic E-state index is -0.564. The van der Waals surface area contributed by atoms with E-state index in [9.17, 15) is 14.0 Å². The molecule has 146 valence electrons. The number of nitrogens with zero attached hydrogens (tertiary/aromatic N) is 2. The van der Waals surface area contributed by atoms with Crippen LogP contribution in [0, 0.1) is 17.1 Å². The summed E-state index contributed by atoms with van der Waals surface area (Å²) in [6.07, 6.45) is 2.50. The molecule has 28 heavy (non-hydrogen) atoms. The summed E-state index contributed by atoms with van der Waals surface area (Å²) in [6, 6.07) is 8.69. The number of likely N-dealkylation sites (tertiary alicyclic amines) is 1. The van der Waals surface area contributed by atoms with Crippen molar-refractivity contribution in [3.63, 3.8) is 0 Å². The van der Waals surface area contributed by atoms with E-state index in [1.807, 2.05) is 13.0 Å². The molecule has 1 aliphatic rings. The average molecular weight is 384 g/mol. The Morgan fingerprint density at radius 2 is 2.11 bits per heavy atom. The van der Waals surface area contributed by atoms with E-state index in [2.05, 4.69) is 10.3 Å². The molecule has 2 heterocycles. The molecule has 1 atom stereocenters. The van der Waals surface area contributed by atoms with Crippen LogP contribution in [0.4, 0.5) is 9.18 Å². The van der Waals surface area contributed by atoms with Crippen LogP contribution in [0.25, 0.3) is 0 Å². The predicted molar refractivity (Wildman–Crippen MR) is 100 cm³/mol. The fourth-order valence-electron chi connectivity index (χ4n) is 3.11. The Labute approximate surface area is 161 Å². The maximum absolute atomic E-state index is 14.0. The van der Waals surface area contributed by atoms with E-state index in [1.165, 1.54) is 18.2 Å². The van der Waals surface area contributed by atoms with Gasteiger partial charge >= 0.3 is 6.03 Å². The highest BCUT2D eigenvalue weighted by Gasteiger charge is 2.25. The maximum atomic E-state index is 14.0. The van der Waals surface area contributed by atoms with Crippen molar-refractivity contribution >= 4 is 6.03 Å². The van der Waals surface area contributed by atoms with Crippen molar-refractivity contribution < 1.29 is 13.9 Å². The zero-order chi connectivity index (χ0) is 20.1. The number of carbonyl (C=O) groups excluding carboxylic acids is 1. The summed E-state index contributed by atoms with van der Waals surface area (Å²) in [4.78, 5) is 28.1. The number of carbonyl (C=O) groups is 1. The summed E-state index contributed by atoms with van der Waals surface area (Å²) in [5.74, 6) is -0.448. The zero-order valence-corrected chi connectivity index (χ0v) is 15.4. The van der Waals surface area contributed by atoms with Gasteiger partial charge in [0.05, 0.1) is 17.7 Å². The molecule has 2 amide bonds. The molecule has 1 aliphatic heterocycles. The van der Waals surface area contributed by atoms with Crippen LogP contribution in [-0.4, -0.2) is 35.1 Å². The second-order valence-corrected chi connectivity index (χ2v) is 6.72. The number of piperidine rings is 1. The number of hydrogen-bond donors (Lipinski definition) is 2. The van der Waals surface area contributed by atoms with Crippen molar-refractivity contribution in [2.45, 2.75) is 31.9 Å². The van der Waals surface area contributed by atoms with E-state index in [-0.39, 0.29) is 35.0 Å². The first-order valence-corrected chi connectivity index (χ1v) is 9.06. The van der Waals surface area contributed by atoms with E-state index < -0.39 is 5.82 Å². The van der Waals surface area contributed by atoms with Crippen LogP contribution < -0.4 is 15.6 Å². The summed E-state index contributed by atoms with van der Waals surface area (Å²) < 4.78 is 19.7. The Kier molecular flexibility index (Phi) is 5.94. The number of nitriles is 1. The van der Waals surface area contributed by atoms with Crippen LogP contribution in [0.2, 0.25) is 0 Å². The number of ether oxygens (including phenoxy) is 1. The fraction of sp³-hybridized carbons (Fsp3) is 0.350. The van der Waals surface area contributed by atoms with Crippen molar-refractivity contribution in [2.24, 2.45) is 0 Å². The number of H-pyrrole nitrogens is 1. The Morgan fingerprint density at radius 1 is 1.36 bits per heavy atom. The third-order valence-corrected chi connectivity index (χ3v) is 4.72. The molecule has 0 bridgehead atoms. The molecule has 1 aromatic carbocycles. The van der Waals surface area contributed by atoms with Gasteiger partial charge in [-0.2, -0.15) is 5.26 Å². The summed E-state index contributed by atoms with van der Waals surface area (Å²) in [5, 5.41) is 11.7. The summed E-state index contributed by atoms with van der Waals surface area (Å²) in [5.41, 5.74) is 0.754. The normalized spacial score (nSPS) is 15.5. The van der Waals surface area contributed by atoms with E-state index in [1.54, 1.807) is 17.2 Å². The molecular weight excluding hydrogens is 363 g/mol. The molecule has 2 N–H and O–H groups in total. The number of pyridine rings is 1. The van der Waals surface area contributed by atoms with Crippen LogP contribution >= 0.6 is 0 Å². The van der Waals surface area contributed by atoms with Gasteiger partial charge < -0.3 is 19.9 Å². The molecule has 1 fully saturated rings. The first-order chi connectivity index (χ1) is 13.5. The van der Waals surface area contributed by atoms with Crippen molar-refractivity contribution in [3.8, 4) is 11.8 Å². The minimum absolute atomic E-state index is 0.116. The largest absolute Gasteiger partial charge is 0.487 e. The molecule has 3 rings (SSSR count). The number of amides is 2. The molecule has 2 aromatic rings. The second kappa shape index (κ2) is 8.57. The number of hydrogen-bond acceptors (Lipinski definition) is 4. The van der Waals surface area contributed by atoms with Gasteiger partial charge in [-0.1, -0.05) is 0 Å². The number of rotatable bonds is 4. The third-order valence-electron chi connectivity index (χ3n) is 4.72. The van der Waals surface area contributed by atoms with Crippen molar-refractivity contribution in [2.75, 3.05) is 13.1 Å². The van der Waals surface area contributed by atoms with Crippen LogP contribution in [0.15, 0.2) is 41.3 Å². The molecule has 0 aliphatic carbocycles. The van der Waals surface area contributed by atoms with Gasteiger partial charge in [-0.05, 0) is 36.8 Å². The second-order valence-electron chi connectivity index (χ2n) is 6.72. The lowest BCUT2D eigenvalue weighted by Crippen LogP contribution is -2.47. The van der Waals surface area contributed by atoms with Crippen LogP contribution in [-0.2, 0) is 0 Å². The van der Waals surface area contributed by atoms with Crippen molar-refractivity contribution in [1.82, 2.24) is 15.2 Å². The molecule has 1 aromatic heterocycles. The quantitative estimate of drug-likeness (QED) is 0.847. The summed E-state index contributed by atoms with van der Waals surface area (Å²) in [6.45, 7) is 2.78. The average Bonchev–Trinajstić information content (AvgIpc) is 2.70. The van der Waals surface area contributed by atoms with Gasteiger partial charge in [0, 0.05) is 38.2 Å². The minimum Gasteiger partial charge on any atom is -0.487 e. The number of benzene rings is 1. The molecule has 0 saturated carbocycles. The van der Waals surface area contributed by atoms with E-state index in [0.717, 1.165) is 11.6 Å². The topological polar surface area (TPSA) is 98.2 Å². The number of aromatic nitrogens is 1. The SMILES string of the molecule is CC(NC(=O)N1CCC(Oc2ccc(C#N)cc2F)CC1)c1cc[nH]c(=O)c1. The van der Waals surface area contributed by atoms with Crippen LogP contribution in [0.1, 0.15) is 36.9 Å². The van der Waals surface area contributed by atoms with Gasteiger partial charge in [-0.3, -0.25) is 4.79 Å². The molecule has 0 spiro atoms. The molecule has 0 radical (unpaired) electrons. The third kappa shape index (κ3) is 4.68. The lowest BCUT2D eigenvalue weighted by atomic mass is 10.1. The van der Waals surface area contributed by atoms with Gasteiger partial charge in [-0.25, -0.2) is 9.18 Å². The van der Waals surface area contributed by atoms with E-state index in [4.69, 9.17) is 10.00 Å². The first kappa shape index (κ1) is 19.4. The maximum Gasteiger partial charge on any atom is 0.317 e. The lowest BCUT2D eigenvalue weighted by Gasteiger charge is -2.33. The summed E-state index contributed by atoms with van der Waals surface area (Å²) in [7, 11) is 0. The van der Waals surface area contributed by atoms with E-state index >= 15 is 0 Å². The molecule has 1 saturated heterocycles. The molecule has 8 heteroatoms. The fourth-order valence-corrected chi connectivity index (χ4v) is 3.11.